The minimum Gasteiger partial charge on any atom is -0.446 e. The van der Waals surface area contributed by atoms with Gasteiger partial charge in [-0.3, -0.25) is 9.80 Å². The van der Waals surface area contributed by atoms with Gasteiger partial charge >= 0.3 is 6.09 Å². The average Bonchev–Trinajstić information content (AvgIpc) is 2.71. The van der Waals surface area contributed by atoms with Gasteiger partial charge in [-0.15, -0.1) is 0 Å². The Balaban J connectivity index is 1.09. The van der Waals surface area contributed by atoms with Gasteiger partial charge in [-0.1, -0.05) is 41.9 Å². The third-order valence-corrected chi connectivity index (χ3v) is 7.21. The van der Waals surface area contributed by atoms with E-state index in [1.165, 1.54) is 5.56 Å². The monoisotopic (exact) mass is 455 g/mol. The predicted octanol–water partition coefficient (Wildman–Crippen LogP) is 3.83. The number of amides is 1. The Morgan fingerprint density at radius 3 is 2.41 bits per heavy atom. The first-order valence-electron chi connectivity index (χ1n) is 11.4. The maximum absolute atomic E-state index is 13.0. The molecule has 3 aliphatic rings. The molecule has 3 fully saturated rings. The van der Waals surface area contributed by atoms with Crippen LogP contribution in [-0.2, 0) is 11.3 Å². The van der Waals surface area contributed by atoms with Gasteiger partial charge in [-0.2, -0.15) is 0 Å². The van der Waals surface area contributed by atoms with Gasteiger partial charge < -0.3 is 9.64 Å². The first-order valence-corrected chi connectivity index (χ1v) is 11.8. The van der Waals surface area contributed by atoms with Gasteiger partial charge in [-0.25, -0.2) is 14.8 Å². The summed E-state index contributed by atoms with van der Waals surface area (Å²) >= 11 is 5.86. The largest absolute Gasteiger partial charge is 0.446 e. The Labute approximate surface area is 194 Å². The molecule has 7 nitrogen and oxygen atoms in total. The molecule has 1 saturated carbocycles. The van der Waals surface area contributed by atoms with E-state index in [1.54, 1.807) is 12.4 Å². The number of rotatable bonds is 4. The molecule has 8 heteroatoms. The highest BCUT2D eigenvalue weighted by atomic mass is 35.5. The van der Waals surface area contributed by atoms with Crippen LogP contribution in [0.25, 0.3) is 0 Å². The normalized spacial score (nSPS) is 25.3. The number of carbonyl (C=O) groups is 1. The van der Waals surface area contributed by atoms with E-state index >= 15 is 0 Å². The minimum atomic E-state index is -0.188. The van der Waals surface area contributed by atoms with E-state index in [9.17, 15) is 4.79 Å². The minimum absolute atomic E-state index is 0.0304. The number of ether oxygens (including phenoxy) is 1. The van der Waals surface area contributed by atoms with Crippen LogP contribution in [0.3, 0.4) is 0 Å². The Hall–Kier alpha value is -2.38. The summed E-state index contributed by atoms with van der Waals surface area (Å²) in [6.07, 6.45) is 5.05. The van der Waals surface area contributed by atoms with Crippen LogP contribution in [0.5, 0.6) is 0 Å². The first kappa shape index (κ1) is 21.5. The molecule has 2 aliphatic heterocycles. The van der Waals surface area contributed by atoms with E-state index in [2.05, 4.69) is 63.9 Å². The van der Waals surface area contributed by atoms with Crippen LogP contribution in [0, 0.1) is 5.41 Å². The molecule has 1 aliphatic carbocycles. The van der Waals surface area contributed by atoms with E-state index in [4.69, 9.17) is 16.3 Å². The zero-order valence-electron chi connectivity index (χ0n) is 18.7. The molecule has 1 spiro atoms. The number of hydrogen-bond donors (Lipinski definition) is 0. The zero-order valence-corrected chi connectivity index (χ0v) is 19.4. The molecule has 0 radical (unpaired) electrons. The zero-order chi connectivity index (χ0) is 22.3. The quantitative estimate of drug-likeness (QED) is 0.698. The topological polar surface area (TPSA) is 61.8 Å². The lowest BCUT2D eigenvalue weighted by atomic mass is 9.61. The lowest BCUT2D eigenvalue weighted by molar-refractivity contribution is -0.137. The van der Waals surface area contributed by atoms with Crippen LogP contribution in [0.1, 0.15) is 32.3 Å². The lowest BCUT2D eigenvalue weighted by Gasteiger charge is -2.58. The molecule has 170 valence electrons. The van der Waals surface area contributed by atoms with E-state index in [1.807, 2.05) is 4.90 Å². The van der Waals surface area contributed by atoms with Crippen molar-refractivity contribution >= 4 is 23.5 Å². The third-order valence-electron chi connectivity index (χ3n) is 7.02. The second-order valence-electron chi connectivity index (χ2n) is 9.75. The SMILES string of the molecule is C[C@@H]1CN(c2cnc(Cl)cn2)C[C@H](C)N1C(=O)OC1CC2(C1)CN(Cc1ccccc1)C2. The van der Waals surface area contributed by atoms with E-state index in [0.29, 0.717) is 23.7 Å². The Morgan fingerprint density at radius 1 is 1.09 bits per heavy atom. The van der Waals surface area contributed by atoms with Crippen molar-refractivity contribution in [3.05, 3.63) is 53.4 Å². The summed E-state index contributed by atoms with van der Waals surface area (Å²) in [5.74, 6) is 0.784. The van der Waals surface area contributed by atoms with Gasteiger partial charge in [0.25, 0.3) is 0 Å². The van der Waals surface area contributed by atoms with Crippen LogP contribution in [-0.4, -0.2) is 70.2 Å². The van der Waals surface area contributed by atoms with Crippen molar-refractivity contribution in [3.8, 4) is 0 Å². The van der Waals surface area contributed by atoms with Crippen molar-refractivity contribution in [2.45, 2.75) is 51.4 Å². The average molecular weight is 456 g/mol. The molecule has 1 aromatic heterocycles. The summed E-state index contributed by atoms with van der Waals surface area (Å²) in [4.78, 5) is 28.0. The summed E-state index contributed by atoms with van der Waals surface area (Å²) in [6.45, 7) is 8.71. The van der Waals surface area contributed by atoms with Gasteiger partial charge in [0.1, 0.15) is 17.1 Å². The Bertz CT molecular complexity index is 931. The number of likely N-dealkylation sites (tertiary alicyclic amines) is 1. The molecule has 1 amide bonds. The third kappa shape index (κ3) is 4.28. The molecule has 2 aromatic rings. The van der Waals surface area contributed by atoms with Crippen molar-refractivity contribution in [2.75, 3.05) is 31.1 Å². The van der Waals surface area contributed by atoms with Crippen LogP contribution in [0.2, 0.25) is 5.15 Å². The molecule has 1 aromatic carbocycles. The van der Waals surface area contributed by atoms with Gasteiger partial charge in [-0.05, 0) is 32.3 Å². The number of anilines is 1. The van der Waals surface area contributed by atoms with Crippen molar-refractivity contribution in [3.63, 3.8) is 0 Å². The molecule has 0 bridgehead atoms. The molecule has 5 rings (SSSR count). The summed E-state index contributed by atoms with van der Waals surface area (Å²) in [6, 6.07) is 10.7. The number of benzene rings is 1. The molecule has 2 saturated heterocycles. The first-order chi connectivity index (χ1) is 15.4. The summed E-state index contributed by atoms with van der Waals surface area (Å²) < 4.78 is 5.91. The van der Waals surface area contributed by atoms with Gasteiger partial charge in [0, 0.05) is 38.1 Å². The Morgan fingerprint density at radius 2 is 1.78 bits per heavy atom. The molecular weight excluding hydrogens is 426 g/mol. The number of carbonyl (C=O) groups excluding carboxylic acids is 1. The molecule has 0 N–H and O–H groups in total. The van der Waals surface area contributed by atoms with Crippen LogP contribution in [0.4, 0.5) is 10.6 Å². The highest BCUT2D eigenvalue weighted by molar-refractivity contribution is 6.29. The smallest absolute Gasteiger partial charge is 0.410 e. The Kier molecular flexibility index (Phi) is 5.72. The number of aromatic nitrogens is 2. The van der Waals surface area contributed by atoms with Gasteiger partial charge in [0.15, 0.2) is 0 Å². The number of hydrogen-bond acceptors (Lipinski definition) is 6. The standard InChI is InChI=1S/C24H30ClN5O2/c1-17-12-29(22-11-26-21(25)10-27-22)13-18(2)30(17)23(31)32-20-8-24(9-20)15-28(16-24)14-19-6-4-3-5-7-19/h3-7,10-11,17-18,20H,8-9,12-16H2,1-2H3/t17-,18+. The molecular formula is C24H30ClN5O2. The predicted molar refractivity (Wildman–Crippen MR) is 124 cm³/mol. The van der Waals surface area contributed by atoms with Crippen LogP contribution < -0.4 is 4.90 Å². The van der Waals surface area contributed by atoms with E-state index < -0.39 is 0 Å². The molecule has 32 heavy (non-hydrogen) atoms. The highest BCUT2D eigenvalue weighted by Gasteiger charge is 2.54. The van der Waals surface area contributed by atoms with Crippen molar-refractivity contribution in [1.82, 2.24) is 19.8 Å². The van der Waals surface area contributed by atoms with Gasteiger partial charge in [0.2, 0.25) is 0 Å². The summed E-state index contributed by atoms with van der Waals surface area (Å²) in [7, 11) is 0. The molecule has 3 heterocycles. The van der Waals surface area contributed by atoms with Gasteiger partial charge in [0.05, 0.1) is 24.5 Å². The molecule has 2 atom stereocenters. The fourth-order valence-corrected chi connectivity index (χ4v) is 5.74. The maximum atomic E-state index is 13.0. The van der Waals surface area contributed by atoms with E-state index in [0.717, 1.165) is 38.3 Å². The lowest BCUT2D eigenvalue weighted by Crippen LogP contribution is -2.65. The molecule has 0 unspecified atom stereocenters. The fraction of sp³-hybridized carbons (Fsp3) is 0.542. The van der Waals surface area contributed by atoms with Crippen LogP contribution in [0.15, 0.2) is 42.7 Å². The van der Waals surface area contributed by atoms with E-state index in [-0.39, 0.29) is 24.3 Å². The second-order valence-corrected chi connectivity index (χ2v) is 10.1. The highest BCUT2D eigenvalue weighted by Crippen LogP contribution is 2.50. The number of halogens is 1. The maximum Gasteiger partial charge on any atom is 0.410 e. The fourth-order valence-electron chi connectivity index (χ4n) is 5.65. The van der Waals surface area contributed by atoms with Crippen molar-refractivity contribution in [1.29, 1.82) is 0 Å². The summed E-state index contributed by atoms with van der Waals surface area (Å²) in [5, 5.41) is 0.380. The van der Waals surface area contributed by atoms with Crippen molar-refractivity contribution in [2.24, 2.45) is 5.41 Å². The number of piperazine rings is 1. The van der Waals surface area contributed by atoms with Crippen molar-refractivity contribution < 1.29 is 9.53 Å². The van der Waals surface area contributed by atoms with Crippen LogP contribution >= 0.6 is 11.6 Å². The second kappa shape index (κ2) is 8.52. The number of nitrogens with zero attached hydrogens (tertiary/aromatic N) is 5. The summed E-state index contributed by atoms with van der Waals surface area (Å²) in [5.41, 5.74) is 1.71.